The third-order valence-corrected chi connectivity index (χ3v) is 2.72. The average molecular weight is 230 g/mol. The zero-order valence-corrected chi connectivity index (χ0v) is 9.92. The molecule has 17 heavy (non-hydrogen) atoms. The van der Waals surface area contributed by atoms with Crippen molar-refractivity contribution in [3.05, 3.63) is 48.3 Å². The first-order chi connectivity index (χ1) is 8.40. The molecule has 0 spiro atoms. The van der Waals surface area contributed by atoms with Gasteiger partial charge in [-0.1, -0.05) is 6.07 Å². The Morgan fingerprint density at radius 3 is 2.82 bits per heavy atom. The zero-order valence-electron chi connectivity index (χ0n) is 9.92. The van der Waals surface area contributed by atoms with Gasteiger partial charge in [0.15, 0.2) is 0 Å². The van der Waals surface area contributed by atoms with Gasteiger partial charge in [0, 0.05) is 37.3 Å². The molecule has 4 nitrogen and oxygen atoms in total. The highest BCUT2D eigenvalue weighted by Crippen LogP contribution is 2.06. The fraction of sp³-hybridized carbons (Fsp3) is 0.385. The van der Waals surface area contributed by atoms with Gasteiger partial charge in [-0.05, 0) is 31.5 Å². The van der Waals surface area contributed by atoms with E-state index in [1.54, 1.807) is 0 Å². The minimum absolute atomic E-state index is 0.754. The molecular weight excluding hydrogens is 212 g/mol. The second-order valence-electron chi connectivity index (χ2n) is 4.03. The predicted octanol–water partition coefficient (Wildman–Crippen LogP) is 1.61. The fourth-order valence-electron chi connectivity index (χ4n) is 1.80. The summed E-state index contributed by atoms with van der Waals surface area (Å²) in [5.41, 5.74) is 6.55. The standard InChI is InChI=1S/C13H18N4/c14-6-2-4-9-17-10-8-16-13(17)11-12-5-1-3-7-15-12/h1,3,5,7-8,10H,2,4,6,9,11,14H2. The second-order valence-corrected chi connectivity index (χ2v) is 4.03. The number of aryl methyl sites for hydroxylation is 1. The number of nitrogens with two attached hydrogens (primary N) is 1. The second kappa shape index (κ2) is 6.15. The Balaban J connectivity index is 1.99. The number of rotatable bonds is 6. The lowest BCUT2D eigenvalue weighted by molar-refractivity contribution is 0.594. The van der Waals surface area contributed by atoms with E-state index in [1.807, 2.05) is 36.8 Å². The number of aromatic nitrogens is 3. The molecule has 0 fully saturated rings. The Morgan fingerprint density at radius 2 is 2.06 bits per heavy atom. The van der Waals surface area contributed by atoms with Crippen LogP contribution in [0.25, 0.3) is 0 Å². The van der Waals surface area contributed by atoms with E-state index in [0.29, 0.717) is 0 Å². The van der Waals surface area contributed by atoms with E-state index >= 15 is 0 Å². The van der Waals surface area contributed by atoms with Gasteiger partial charge in [-0.3, -0.25) is 4.98 Å². The van der Waals surface area contributed by atoms with Crippen molar-refractivity contribution < 1.29 is 0 Å². The van der Waals surface area contributed by atoms with Crippen molar-refractivity contribution >= 4 is 0 Å². The van der Waals surface area contributed by atoms with Crippen LogP contribution in [-0.2, 0) is 13.0 Å². The molecule has 2 aromatic rings. The maximum absolute atomic E-state index is 5.49. The molecule has 0 amide bonds. The average Bonchev–Trinajstić information content (AvgIpc) is 2.79. The molecule has 0 saturated carbocycles. The maximum atomic E-state index is 5.49. The van der Waals surface area contributed by atoms with Gasteiger partial charge in [-0.2, -0.15) is 0 Å². The molecule has 2 rings (SSSR count). The third-order valence-electron chi connectivity index (χ3n) is 2.72. The first-order valence-electron chi connectivity index (χ1n) is 6.00. The summed E-state index contributed by atoms with van der Waals surface area (Å²) < 4.78 is 2.18. The number of imidazole rings is 1. The summed E-state index contributed by atoms with van der Waals surface area (Å²) in [6, 6.07) is 5.96. The van der Waals surface area contributed by atoms with E-state index < -0.39 is 0 Å². The molecule has 0 atom stereocenters. The van der Waals surface area contributed by atoms with Crippen LogP contribution in [0.1, 0.15) is 24.4 Å². The van der Waals surface area contributed by atoms with E-state index in [9.17, 15) is 0 Å². The Bertz CT molecular complexity index is 436. The monoisotopic (exact) mass is 230 g/mol. The Kier molecular flexibility index (Phi) is 4.27. The van der Waals surface area contributed by atoms with Crippen LogP contribution in [0.4, 0.5) is 0 Å². The highest BCUT2D eigenvalue weighted by Gasteiger charge is 2.04. The molecular formula is C13H18N4. The van der Waals surface area contributed by atoms with Gasteiger partial charge in [0.05, 0.1) is 0 Å². The number of hydrogen-bond donors (Lipinski definition) is 1. The van der Waals surface area contributed by atoms with Crippen LogP contribution in [0, 0.1) is 0 Å². The van der Waals surface area contributed by atoms with Crippen LogP contribution in [0.2, 0.25) is 0 Å². The number of hydrogen-bond acceptors (Lipinski definition) is 3. The van der Waals surface area contributed by atoms with Crippen LogP contribution in [0.15, 0.2) is 36.8 Å². The molecule has 2 heterocycles. The van der Waals surface area contributed by atoms with Gasteiger partial charge in [-0.25, -0.2) is 4.98 Å². The molecule has 2 aromatic heterocycles. The van der Waals surface area contributed by atoms with Crippen molar-refractivity contribution in [3.63, 3.8) is 0 Å². The van der Waals surface area contributed by atoms with Gasteiger partial charge in [0.2, 0.25) is 0 Å². The summed E-state index contributed by atoms with van der Waals surface area (Å²) in [7, 11) is 0. The molecule has 0 unspecified atom stereocenters. The van der Waals surface area contributed by atoms with Gasteiger partial charge >= 0.3 is 0 Å². The van der Waals surface area contributed by atoms with Gasteiger partial charge < -0.3 is 10.3 Å². The lowest BCUT2D eigenvalue weighted by Crippen LogP contribution is -2.07. The number of nitrogens with zero attached hydrogens (tertiary/aromatic N) is 3. The largest absolute Gasteiger partial charge is 0.335 e. The predicted molar refractivity (Wildman–Crippen MR) is 67.6 cm³/mol. The topological polar surface area (TPSA) is 56.7 Å². The molecule has 0 aliphatic rings. The zero-order chi connectivity index (χ0) is 11.9. The van der Waals surface area contributed by atoms with E-state index in [1.165, 1.54) is 0 Å². The SMILES string of the molecule is NCCCCn1ccnc1Cc1ccccn1. The molecule has 2 N–H and O–H groups in total. The molecule has 0 aromatic carbocycles. The van der Waals surface area contributed by atoms with Crippen LogP contribution < -0.4 is 5.73 Å². The molecule has 0 bridgehead atoms. The Labute approximate surface area is 102 Å². The fourth-order valence-corrected chi connectivity index (χ4v) is 1.80. The molecule has 4 heteroatoms. The summed E-state index contributed by atoms with van der Waals surface area (Å²) in [6.45, 7) is 1.74. The smallest absolute Gasteiger partial charge is 0.114 e. The minimum Gasteiger partial charge on any atom is -0.335 e. The van der Waals surface area contributed by atoms with Crippen LogP contribution >= 0.6 is 0 Å². The molecule has 0 aliphatic heterocycles. The minimum atomic E-state index is 0.754. The van der Waals surface area contributed by atoms with E-state index in [-0.39, 0.29) is 0 Å². The van der Waals surface area contributed by atoms with Crippen molar-refractivity contribution in [3.8, 4) is 0 Å². The first kappa shape index (κ1) is 11.8. The van der Waals surface area contributed by atoms with Gasteiger partial charge in [0.25, 0.3) is 0 Å². The van der Waals surface area contributed by atoms with Crippen LogP contribution in [0.3, 0.4) is 0 Å². The van der Waals surface area contributed by atoms with Crippen molar-refractivity contribution in [1.29, 1.82) is 0 Å². The molecule has 90 valence electrons. The third kappa shape index (κ3) is 3.39. The van der Waals surface area contributed by atoms with Crippen molar-refractivity contribution in [2.45, 2.75) is 25.8 Å². The van der Waals surface area contributed by atoms with E-state index in [4.69, 9.17) is 5.73 Å². The number of pyridine rings is 1. The quantitative estimate of drug-likeness (QED) is 0.767. The Hall–Kier alpha value is -1.68. The molecule has 0 radical (unpaired) electrons. The molecule has 0 saturated heterocycles. The van der Waals surface area contributed by atoms with Crippen LogP contribution in [-0.4, -0.2) is 21.1 Å². The van der Waals surface area contributed by atoms with Gasteiger partial charge in [0.1, 0.15) is 5.82 Å². The number of unbranched alkanes of at least 4 members (excludes halogenated alkanes) is 1. The lowest BCUT2D eigenvalue weighted by atomic mass is 10.2. The summed E-state index contributed by atoms with van der Waals surface area (Å²) in [5, 5.41) is 0. The lowest BCUT2D eigenvalue weighted by Gasteiger charge is -2.06. The Morgan fingerprint density at radius 1 is 1.12 bits per heavy atom. The highest BCUT2D eigenvalue weighted by atomic mass is 15.1. The van der Waals surface area contributed by atoms with Crippen molar-refractivity contribution in [1.82, 2.24) is 14.5 Å². The maximum Gasteiger partial charge on any atom is 0.114 e. The normalized spacial score (nSPS) is 10.6. The molecule has 0 aliphatic carbocycles. The van der Waals surface area contributed by atoms with Crippen molar-refractivity contribution in [2.75, 3.05) is 6.54 Å². The summed E-state index contributed by atoms with van der Waals surface area (Å²) >= 11 is 0. The van der Waals surface area contributed by atoms with E-state index in [0.717, 1.165) is 43.9 Å². The first-order valence-corrected chi connectivity index (χ1v) is 6.00. The van der Waals surface area contributed by atoms with Crippen molar-refractivity contribution in [2.24, 2.45) is 5.73 Å². The van der Waals surface area contributed by atoms with Crippen LogP contribution in [0.5, 0.6) is 0 Å². The highest BCUT2D eigenvalue weighted by molar-refractivity contribution is 5.10. The summed E-state index contributed by atoms with van der Waals surface area (Å²) in [6.07, 6.45) is 8.63. The summed E-state index contributed by atoms with van der Waals surface area (Å²) in [5.74, 6) is 1.07. The van der Waals surface area contributed by atoms with E-state index in [2.05, 4.69) is 14.5 Å². The summed E-state index contributed by atoms with van der Waals surface area (Å²) in [4.78, 5) is 8.70. The van der Waals surface area contributed by atoms with Gasteiger partial charge in [-0.15, -0.1) is 0 Å².